The lowest BCUT2D eigenvalue weighted by Crippen LogP contribution is -2.48. The average molecular weight is 264 g/mol. The minimum Gasteiger partial charge on any atom is -0.497 e. The molecule has 0 aromatic heterocycles. The van der Waals surface area contributed by atoms with Crippen LogP contribution < -0.4 is 10.5 Å². The maximum absolute atomic E-state index is 12.2. The molecule has 1 unspecified atom stereocenters. The van der Waals surface area contributed by atoms with E-state index in [2.05, 4.69) is 0 Å². The summed E-state index contributed by atoms with van der Waals surface area (Å²) < 4.78 is 5.17. The molecule has 0 aliphatic rings. The van der Waals surface area contributed by atoms with Crippen molar-refractivity contribution >= 4 is 5.91 Å². The molecule has 0 aliphatic carbocycles. The van der Waals surface area contributed by atoms with E-state index in [0.717, 1.165) is 11.3 Å². The highest BCUT2D eigenvalue weighted by Gasteiger charge is 2.29. The summed E-state index contributed by atoms with van der Waals surface area (Å²) in [4.78, 5) is 13.9. The Hall–Kier alpha value is -1.55. The van der Waals surface area contributed by atoms with Crippen molar-refractivity contribution in [1.29, 1.82) is 0 Å². The topological polar surface area (TPSA) is 55.6 Å². The van der Waals surface area contributed by atoms with Crippen molar-refractivity contribution in [3.05, 3.63) is 29.8 Å². The second kappa shape index (κ2) is 6.06. The fourth-order valence-corrected chi connectivity index (χ4v) is 1.73. The van der Waals surface area contributed by atoms with Gasteiger partial charge in [0.25, 0.3) is 0 Å². The van der Waals surface area contributed by atoms with E-state index in [4.69, 9.17) is 10.5 Å². The lowest BCUT2D eigenvalue weighted by atomic mass is 9.86. The molecule has 0 heterocycles. The summed E-state index contributed by atoms with van der Waals surface area (Å²) in [6, 6.07) is 7.19. The first kappa shape index (κ1) is 15.5. The van der Waals surface area contributed by atoms with Crippen LogP contribution in [0.2, 0.25) is 0 Å². The van der Waals surface area contributed by atoms with Gasteiger partial charge < -0.3 is 15.4 Å². The summed E-state index contributed by atoms with van der Waals surface area (Å²) >= 11 is 0. The molecule has 0 saturated heterocycles. The van der Waals surface area contributed by atoms with Crippen LogP contribution in [-0.2, 0) is 11.3 Å². The van der Waals surface area contributed by atoms with Crippen molar-refractivity contribution in [3.63, 3.8) is 0 Å². The fraction of sp³-hybridized carbons (Fsp3) is 0.533. The number of carbonyl (C=O) groups excluding carboxylic acids is 1. The SMILES string of the molecule is COc1cccc(CN(C)C(=O)C(N)C(C)(C)C)c1. The van der Waals surface area contributed by atoms with Crippen LogP contribution in [0.15, 0.2) is 24.3 Å². The standard InChI is InChI=1S/C15H24N2O2/c1-15(2,3)13(16)14(18)17(4)10-11-7-6-8-12(9-11)19-5/h6-9,13H,10,16H2,1-5H3. The number of nitrogens with zero attached hydrogens (tertiary/aromatic N) is 1. The minimum absolute atomic E-state index is 0.0460. The van der Waals surface area contributed by atoms with Gasteiger partial charge in [0.2, 0.25) is 5.91 Å². The summed E-state index contributed by atoms with van der Waals surface area (Å²) in [6.45, 7) is 6.43. The Morgan fingerprint density at radius 1 is 1.42 bits per heavy atom. The molecule has 0 saturated carbocycles. The van der Waals surface area contributed by atoms with Gasteiger partial charge in [-0.15, -0.1) is 0 Å². The molecule has 1 amide bonds. The van der Waals surface area contributed by atoms with Crippen LogP contribution in [0.5, 0.6) is 5.75 Å². The number of likely N-dealkylation sites (N-methyl/N-ethyl adjacent to an activating group) is 1. The molecular formula is C15H24N2O2. The number of rotatable bonds is 4. The first-order valence-corrected chi connectivity index (χ1v) is 6.39. The number of hydrogen-bond donors (Lipinski definition) is 1. The van der Waals surface area contributed by atoms with Crippen molar-refractivity contribution in [2.75, 3.05) is 14.2 Å². The van der Waals surface area contributed by atoms with Gasteiger partial charge in [-0.2, -0.15) is 0 Å². The monoisotopic (exact) mass is 264 g/mol. The molecule has 2 N–H and O–H groups in total. The number of nitrogens with two attached hydrogens (primary N) is 1. The van der Waals surface area contributed by atoms with Crippen molar-refractivity contribution in [3.8, 4) is 5.75 Å². The molecule has 0 fully saturated rings. The smallest absolute Gasteiger partial charge is 0.240 e. The molecule has 1 atom stereocenters. The molecule has 1 aromatic carbocycles. The molecule has 0 radical (unpaired) electrons. The summed E-state index contributed by atoms with van der Waals surface area (Å²) in [7, 11) is 3.40. The quantitative estimate of drug-likeness (QED) is 0.905. The Morgan fingerprint density at radius 2 is 2.05 bits per heavy atom. The molecule has 0 aliphatic heterocycles. The number of benzene rings is 1. The third-order valence-electron chi connectivity index (χ3n) is 3.13. The molecule has 1 aromatic rings. The van der Waals surface area contributed by atoms with Gasteiger partial charge >= 0.3 is 0 Å². The molecule has 106 valence electrons. The van der Waals surface area contributed by atoms with Crippen LogP contribution in [0.25, 0.3) is 0 Å². The first-order chi connectivity index (χ1) is 8.75. The van der Waals surface area contributed by atoms with Gasteiger partial charge in [0.15, 0.2) is 0 Å². The van der Waals surface area contributed by atoms with Crippen LogP contribution in [0, 0.1) is 5.41 Å². The van der Waals surface area contributed by atoms with Crippen molar-refractivity contribution in [2.24, 2.45) is 11.1 Å². The second-order valence-electron chi connectivity index (χ2n) is 5.89. The highest BCUT2D eigenvalue weighted by atomic mass is 16.5. The Labute approximate surface area is 115 Å². The summed E-state index contributed by atoms with van der Waals surface area (Å²) in [6.07, 6.45) is 0. The number of amides is 1. The summed E-state index contributed by atoms with van der Waals surface area (Å²) in [5.41, 5.74) is 6.78. The minimum atomic E-state index is -0.497. The van der Waals surface area contributed by atoms with Gasteiger partial charge in [-0.3, -0.25) is 4.79 Å². The van der Waals surface area contributed by atoms with E-state index in [-0.39, 0.29) is 11.3 Å². The molecule has 4 nitrogen and oxygen atoms in total. The Balaban J connectivity index is 2.73. The predicted octanol–water partition coefficient (Wildman–Crippen LogP) is 2.03. The van der Waals surface area contributed by atoms with Crippen molar-refractivity contribution in [1.82, 2.24) is 4.90 Å². The normalized spacial score (nSPS) is 12.9. The molecule has 4 heteroatoms. The lowest BCUT2D eigenvalue weighted by Gasteiger charge is -2.30. The maximum Gasteiger partial charge on any atom is 0.240 e. The predicted molar refractivity (Wildman–Crippen MR) is 76.9 cm³/mol. The third kappa shape index (κ3) is 4.24. The van der Waals surface area contributed by atoms with Crippen LogP contribution in [0.3, 0.4) is 0 Å². The number of methoxy groups -OCH3 is 1. The van der Waals surface area contributed by atoms with Crippen molar-refractivity contribution < 1.29 is 9.53 Å². The fourth-order valence-electron chi connectivity index (χ4n) is 1.73. The second-order valence-corrected chi connectivity index (χ2v) is 5.89. The molecule has 0 bridgehead atoms. The van der Waals surface area contributed by atoms with Gasteiger partial charge in [-0.25, -0.2) is 0 Å². The number of hydrogen-bond acceptors (Lipinski definition) is 3. The molecular weight excluding hydrogens is 240 g/mol. The van der Waals surface area contributed by atoms with Gasteiger partial charge in [-0.1, -0.05) is 32.9 Å². The van der Waals surface area contributed by atoms with E-state index in [1.807, 2.05) is 45.0 Å². The molecule has 19 heavy (non-hydrogen) atoms. The van der Waals surface area contributed by atoms with Gasteiger partial charge in [0.05, 0.1) is 13.2 Å². The molecule has 1 rings (SSSR count). The van der Waals surface area contributed by atoms with E-state index < -0.39 is 6.04 Å². The van der Waals surface area contributed by atoms with E-state index in [1.54, 1.807) is 19.1 Å². The number of carbonyl (C=O) groups is 1. The largest absolute Gasteiger partial charge is 0.497 e. The highest BCUT2D eigenvalue weighted by molar-refractivity contribution is 5.82. The zero-order valence-corrected chi connectivity index (χ0v) is 12.4. The highest BCUT2D eigenvalue weighted by Crippen LogP contribution is 2.20. The first-order valence-electron chi connectivity index (χ1n) is 6.39. The Morgan fingerprint density at radius 3 is 2.58 bits per heavy atom. The van der Waals surface area contributed by atoms with Crippen LogP contribution in [0.1, 0.15) is 26.3 Å². The van der Waals surface area contributed by atoms with Crippen LogP contribution >= 0.6 is 0 Å². The van der Waals surface area contributed by atoms with Gasteiger partial charge in [0, 0.05) is 13.6 Å². The zero-order chi connectivity index (χ0) is 14.6. The van der Waals surface area contributed by atoms with E-state index in [1.165, 1.54) is 0 Å². The summed E-state index contributed by atoms with van der Waals surface area (Å²) in [5.74, 6) is 0.744. The van der Waals surface area contributed by atoms with Crippen LogP contribution in [-0.4, -0.2) is 31.0 Å². The zero-order valence-electron chi connectivity index (χ0n) is 12.4. The van der Waals surface area contributed by atoms with E-state index in [9.17, 15) is 4.79 Å². The molecule has 0 spiro atoms. The van der Waals surface area contributed by atoms with Crippen molar-refractivity contribution in [2.45, 2.75) is 33.4 Å². The third-order valence-corrected chi connectivity index (χ3v) is 3.13. The Bertz CT molecular complexity index is 438. The summed E-state index contributed by atoms with van der Waals surface area (Å²) in [5, 5.41) is 0. The number of ether oxygens (including phenoxy) is 1. The lowest BCUT2D eigenvalue weighted by molar-refractivity contribution is -0.134. The van der Waals surface area contributed by atoms with E-state index >= 15 is 0 Å². The van der Waals surface area contributed by atoms with Gasteiger partial charge in [0.1, 0.15) is 5.75 Å². The Kier molecular flexibility index (Phi) is 4.95. The maximum atomic E-state index is 12.2. The average Bonchev–Trinajstić information content (AvgIpc) is 2.36. The van der Waals surface area contributed by atoms with Crippen LogP contribution in [0.4, 0.5) is 0 Å². The van der Waals surface area contributed by atoms with Gasteiger partial charge in [-0.05, 0) is 23.1 Å². The van der Waals surface area contributed by atoms with E-state index in [0.29, 0.717) is 6.54 Å².